The fourth-order valence-electron chi connectivity index (χ4n) is 3.63. The molecule has 3 aromatic rings. The molecule has 0 bridgehead atoms. The van der Waals surface area contributed by atoms with Crippen LogP contribution >= 0.6 is 0 Å². The molecule has 6 nitrogen and oxygen atoms in total. The SMILES string of the molecule is Cc1ccc(S(=O)(=O)c2ccc(CN3C(=O)NC(C)(c4ccc(F)cc4)C3=O)cc2)cc1. The lowest BCUT2D eigenvalue weighted by Crippen LogP contribution is -2.40. The summed E-state index contributed by atoms with van der Waals surface area (Å²) in [5, 5.41) is 2.67. The van der Waals surface area contributed by atoms with Crippen LogP contribution in [-0.2, 0) is 26.7 Å². The minimum absolute atomic E-state index is 0.0215. The number of halogens is 1. The van der Waals surface area contributed by atoms with Crippen LogP contribution in [0.4, 0.5) is 9.18 Å². The Hall–Kier alpha value is -3.52. The molecule has 1 aliphatic rings. The van der Waals surface area contributed by atoms with E-state index in [0.717, 1.165) is 10.5 Å². The van der Waals surface area contributed by atoms with Gasteiger partial charge in [-0.05, 0) is 61.4 Å². The quantitative estimate of drug-likeness (QED) is 0.595. The van der Waals surface area contributed by atoms with Gasteiger partial charge in [0.25, 0.3) is 5.91 Å². The summed E-state index contributed by atoms with van der Waals surface area (Å²) in [7, 11) is -3.67. The highest BCUT2D eigenvalue weighted by molar-refractivity contribution is 7.91. The third kappa shape index (κ3) is 3.78. The zero-order valence-corrected chi connectivity index (χ0v) is 18.3. The molecule has 3 amide bonds. The number of amides is 3. The van der Waals surface area contributed by atoms with Gasteiger partial charge in [0.2, 0.25) is 9.84 Å². The van der Waals surface area contributed by atoms with Crippen LogP contribution in [0.25, 0.3) is 0 Å². The summed E-state index contributed by atoms with van der Waals surface area (Å²) in [6.45, 7) is 3.42. The van der Waals surface area contributed by atoms with Crippen LogP contribution in [0.1, 0.15) is 23.6 Å². The van der Waals surface area contributed by atoms with Crippen molar-refractivity contribution in [2.24, 2.45) is 0 Å². The average Bonchev–Trinajstić information content (AvgIpc) is 2.99. The third-order valence-corrected chi connectivity index (χ3v) is 7.39. The fourth-order valence-corrected chi connectivity index (χ4v) is 4.89. The highest BCUT2D eigenvalue weighted by atomic mass is 32.2. The molecule has 1 saturated heterocycles. The molecule has 1 heterocycles. The highest BCUT2D eigenvalue weighted by Gasteiger charge is 2.48. The minimum Gasteiger partial charge on any atom is -0.319 e. The van der Waals surface area contributed by atoms with E-state index in [9.17, 15) is 22.4 Å². The number of urea groups is 1. The summed E-state index contributed by atoms with van der Waals surface area (Å²) in [6.07, 6.45) is 0. The maximum absolute atomic E-state index is 13.3. The van der Waals surface area contributed by atoms with E-state index in [4.69, 9.17) is 0 Å². The first-order valence-corrected chi connectivity index (χ1v) is 11.4. The number of sulfone groups is 1. The minimum atomic E-state index is -3.67. The second-order valence-electron chi connectivity index (χ2n) is 7.91. The number of imide groups is 1. The van der Waals surface area contributed by atoms with Gasteiger partial charge < -0.3 is 5.32 Å². The van der Waals surface area contributed by atoms with E-state index < -0.39 is 33.1 Å². The molecule has 1 unspecified atom stereocenters. The molecule has 0 aliphatic carbocycles. The third-order valence-electron chi connectivity index (χ3n) is 5.60. The van der Waals surface area contributed by atoms with E-state index in [2.05, 4.69) is 5.32 Å². The molecular weight excluding hydrogens is 431 g/mol. The smallest absolute Gasteiger partial charge is 0.319 e. The standard InChI is InChI=1S/C24H21FN2O4S/c1-16-3-11-20(12-4-16)32(30,31)21-13-5-17(6-14-21)15-27-22(28)24(2,26-23(27)29)18-7-9-19(25)10-8-18/h3-14H,15H2,1-2H3,(H,26,29). The van der Waals surface area contributed by atoms with Crippen molar-refractivity contribution < 1.29 is 22.4 Å². The Morgan fingerprint density at radius 3 is 1.97 bits per heavy atom. The van der Waals surface area contributed by atoms with Gasteiger partial charge in [-0.1, -0.05) is 42.0 Å². The van der Waals surface area contributed by atoms with Gasteiger partial charge in [-0.3, -0.25) is 9.69 Å². The first-order valence-electron chi connectivity index (χ1n) is 9.92. The lowest BCUT2D eigenvalue weighted by atomic mass is 9.92. The first kappa shape index (κ1) is 21.7. The predicted octanol–water partition coefficient (Wildman–Crippen LogP) is 3.93. The van der Waals surface area contributed by atoms with Gasteiger partial charge in [-0.15, -0.1) is 0 Å². The van der Waals surface area contributed by atoms with Crippen LogP contribution in [0.3, 0.4) is 0 Å². The topological polar surface area (TPSA) is 83.6 Å². The molecule has 1 aliphatic heterocycles. The predicted molar refractivity (Wildman–Crippen MR) is 116 cm³/mol. The van der Waals surface area contributed by atoms with Gasteiger partial charge in [0.15, 0.2) is 0 Å². The lowest BCUT2D eigenvalue weighted by Gasteiger charge is -2.22. The summed E-state index contributed by atoms with van der Waals surface area (Å²) < 4.78 is 38.9. The van der Waals surface area contributed by atoms with Crippen molar-refractivity contribution in [1.29, 1.82) is 0 Å². The van der Waals surface area contributed by atoms with Crippen LogP contribution in [0.2, 0.25) is 0 Å². The zero-order valence-electron chi connectivity index (χ0n) is 17.5. The Labute approximate surface area is 185 Å². The van der Waals surface area contributed by atoms with Crippen LogP contribution < -0.4 is 5.32 Å². The second kappa shape index (κ2) is 7.87. The Morgan fingerprint density at radius 2 is 1.41 bits per heavy atom. The van der Waals surface area contributed by atoms with Gasteiger partial charge in [-0.2, -0.15) is 0 Å². The number of rotatable bonds is 5. The second-order valence-corrected chi connectivity index (χ2v) is 9.86. The highest BCUT2D eigenvalue weighted by Crippen LogP contribution is 2.30. The van der Waals surface area contributed by atoms with E-state index in [0.29, 0.717) is 11.1 Å². The molecule has 4 rings (SSSR count). The van der Waals surface area contributed by atoms with Crippen molar-refractivity contribution in [1.82, 2.24) is 10.2 Å². The maximum Gasteiger partial charge on any atom is 0.325 e. The molecule has 1 fully saturated rings. The zero-order chi connectivity index (χ0) is 23.1. The number of hydrogen-bond donors (Lipinski definition) is 1. The summed E-state index contributed by atoms with van der Waals surface area (Å²) in [5.41, 5.74) is 0.721. The molecule has 164 valence electrons. The lowest BCUT2D eigenvalue weighted by molar-refractivity contribution is -0.131. The van der Waals surface area contributed by atoms with Crippen LogP contribution in [-0.4, -0.2) is 25.3 Å². The van der Waals surface area contributed by atoms with Crippen molar-refractivity contribution in [3.05, 3.63) is 95.3 Å². The van der Waals surface area contributed by atoms with Crippen molar-refractivity contribution in [3.8, 4) is 0 Å². The van der Waals surface area contributed by atoms with Crippen molar-refractivity contribution >= 4 is 21.8 Å². The van der Waals surface area contributed by atoms with Gasteiger partial charge >= 0.3 is 6.03 Å². The molecule has 8 heteroatoms. The fraction of sp³-hybridized carbons (Fsp3) is 0.167. The number of nitrogens with zero attached hydrogens (tertiary/aromatic N) is 1. The van der Waals surface area contributed by atoms with Crippen molar-refractivity contribution in [3.63, 3.8) is 0 Å². The van der Waals surface area contributed by atoms with Gasteiger partial charge in [0.05, 0.1) is 16.3 Å². The molecule has 0 aromatic heterocycles. The number of benzene rings is 3. The molecule has 0 spiro atoms. The van der Waals surface area contributed by atoms with Crippen molar-refractivity contribution in [2.75, 3.05) is 0 Å². The number of carbonyl (C=O) groups excluding carboxylic acids is 2. The Bertz CT molecular complexity index is 1290. The monoisotopic (exact) mass is 452 g/mol. The number of aryl methyl sites for hydroxylation is 1. The first-order chi connectivity index (χ1) is 15.1. The Kier molecular flexibility index (Phi) is 5.34. The van der Waals surface area contributed by atoms with E-state index in [-0.39, 0.29) is 16.3 Å². The number of hydrogen-bond acceptors (Lipinski definition) is 4. The molecule has 32 heavy (non-hydrogen) atoms. The largest absolute Gasteiger partial charge is 0.325 e. The molecule has 0 saturated carbocycles. The van der Waals surface area contributed by atoms with Crippen molar-refractivity contribution in [2.45, 2.75) is 35.7 Å². The Morgan fingerprint density at radius 1 is 0.875 bits per heavy atom. The summed E-state index contributed by atoms with van der Waals surface area (Å²) >= 11 is 0. The normalized spacial score (nSPS) is 18.7. The molecular formula is C24H21FN2O4S. The molecule has 1 N–H and O–H groups in total. The van der Waals surface area contributed by atoms with Crippen LogP contribution in [0, 0.1) is 12.7 Å². The van der Waals surface area contributed by atoms with E-state index in [1.54, 1.807) is 43.3 Å². The van der Waals surface area contributed by atoms with E-state index in [1.165, 1.54) is 36.4 Å². The summed E-state index contributed by atoms with van der Waals surface area (Å²) in [4.78, 5) is 26.9. The average molecular weight is 453 g/mol. The number of nitrogens with one attached hydrogen (secondary N) is 1. The van der Waals surface area contributed by atoms with E-state index in [1.807, 2.05) is 6.92 Å². The molecule has 1 atom stereocenters. The molecule has 3 aromatic carbocycles. The Balaban J connectivity index is 1.54. The van der Waals surface area contributed by atoms with Crippen LogP contribution in [0.15, 0.2) is 82.6 Å². The van der Waals surface area contributed by atoms with Crippen LogP contribution in [0.5, 0.6) is 0 Å². The van der Waals surface area contributed by atoms with E-state index >= 15 is 0 Å². The summed E-state index contributed by atoms with van der Waals surface area (Å²) in [5.74, 6) is -0.905. The van der Waals surface area contributed by atoms with Gasteiger partial charge in [0.1, 0.15) is 11.4 Å². The molecule has 0 radical (unpaired) electrons. The summed E-state index contributed by atoms with van der Waals surface area (Å²) in [6, 6.07) is 17.5. The van der Waals surface area contributed by atoms with Gasteiger partial charge in [0, 0.05) is 0 Å². The maximum atomic E-state index is 13.3. The number of carbonyl (C=O) groups is 2. The van der Waals surface area contributed by atoms with Gasteiger partial charge in [-0.25, -0.2) is 17.6 Å².